The first-order valence-electron chi connectivity index (χ1n) is 12.4. The van der Waals surface area contributed by atoms with E-state index in [0.717, 1.165) is 29.7 Å². The highest BCUT2D eigenvalue weighted by molar-refractivity contribution is 5.90. The Kier molecular flexibility index (Phi) is 8.98. The molecule has 4 aromatic rings. The quantitative estimate of drug-likeness (QED) is 0.0652. The molecule has 0 heterocycles. The first kappa shape index (κ1) is 31.3. The number of benzene rings is 4. The van der Waals surface area contributed by atoms with E-state index >= 15 is 0 Å². The Labute approximate surface area is 237 Å². The predicted octanol–water partition coefficient (Wildman–Crippen LogP) is 9.20. The predicted molar refractivity (Wildman–Crippen MR) is 135 cm³/mol. The second-order valence-electron chi connectivity index (χ2n) is 9.31. The minimum Gasteiger partial charge on any atom is -0.448 e. The summed E-state index contributed by atoms with van der Waals surface area (Å²) in [4.78, 5) is 12.9. The largest absolute Gasteiger partial charge is 0.448 e. The number of carbonyl (C=O) groups is 1. The van der Waals surface area contributed by atoms with Gasteiger partial charge in [-0.15, -0.1) is 0 Å². The minimum atomic E-state index is -3.30. The maximum Gasteiger partial charge on any atom is 0.339 e. The van der Waals surface area contributed by atoms with Crippen molar-refractivity contribution in [2.24, 2.45) is 0 Å². The molecule has 4 rings (SSSR count). The standard InChI is InChI=1S/C31H18F10O2/c1-3-13(2)12-14-4-6-15(7-5-14)16-8-10-17(11-9-16)31(42)43-30(18-20(32)24(36)28(40)25(37)21(18)33)19-22(34)26(38)29(41)27(39)23(19)35/h4-11,30H,2-3,12H2,1H3. The highest BCUT2D eigenvalue weighted by Gasteiger charge is 2.39. The van der Waals surface area contributed by atoms with Gasteiger partial charge < -0.3 is 4.74 Å². The molecule has 0 spiro atoms. The van der Waals surface area contributed by atoms with E-state index in [4.69, 9.17) is 4.74 Å². The molecule has 0 saturated heterocycles. The average molecular weight is 612 g/mol. The summed E-state index contributed by atoms with van der Waals surface area (Å²) in [5.41, 5.74) is -1.53. The summed E-state index contributed by atoms with van der Waals surface area (Å²) >= 11 is 0. The summed E-state index contributed by atoms with van der Waals surface area (Å²) in [6, 6.07) is 12.2. The van der Waals surface area contributed by atoms with Gasteiger partial charge in [0.2, 0.25) is 11.6 Å². The van der Waals surface area contributed by atoms with Crippen molar-refractivity contribution >= 4 is 5.97 Å². The number of hydrogen-bond donors (Lipinski definition) is 0. The minimum absolute atomic E-state index is 0.461. The molecule has 0 aliphatic rings. The van der Waals surface area contributed by atoms with Crippen LogP contribution < -0.4 is 0 Å². The zero-order chi connectivity index (χ0) is 31.7. The maximum absolute atomic E-state index is 14.7. The second-order valence-corrected chi connectivity index (χ2v) is 9.31. The van der Waals surface area contributed by atoms with Crippen LogP contribution in [0.15, 0.2) is 60.7 Å². The molecule has 0 atom stereocenters. The Hall–Kier alpha value is -4.61. The third kappa shape index (κ3) is 5.86. The van der Waals surface area contributed by atoms with Crippen LogP contribution in [0.1, 0.15) is 46.5 Å². The van der Waals surface area contributed by atoms with Crippen LogP contribution in [0, 0.1) is 58.2 Å². The number of rotatable bonds is 8. The van der Waals surface area contributed by atoms with Crippen LogP contribution in [0.3, 0.4) is 0 Å². The van der Waals surface area contributed by atoms with Crippen LogP contribution >= 0.6 is 0 Å². The van der Waals surface area contributed by atoms with Crippen LogP contribution in [0.5, 0.6) is 0 Å². The van der Waals surface area contributed by atoms with Gasteiger partial charge in [-0.2, -0.15) is 0 Å². The Bertz CT molecular complexity index is 1600. The van der Waals surface area contributed by atoms with Crippen LogP contribution in [0.25, 0.3) is 11.1 Å². The summed E-state index contributed by atoms with van der Waals surface area (Å²) in [5, 5.41) is 0. The zero-order valence-corrected chi connectivity index (χ0v) is 21.9. The molecule has 4 aromatic carbocycles. The summed E-state index contributed by atoms with van der Waals surface area (Å²) in [6.45, 7) is 5.91. The number of allylic oxidation sites excluding steroid dienone is 1. The fraction of sp³-hybridized carbons (Fsp3) is 0.129. The SMILES string of the molecule is C=C(CC)Cc1ccc(-c2ccc(C(=O)OC(c3c(F)c(F)c(F)c(F)c3F)c3c(F)c(F)c(F)c(F)c3F)cc2)cc1. The molecule has 0 saturated carbocycles. The van der Waals surface area contributed by atoms with E-state index in [0.29, 0.717) is 17.5 Å². The molecule has 0 N–H and O–H groups in total. The molecule has 0 bridgehead atoms. The van der Waals surface area contributed by atoms with Gasteiger partial charge in [-0.25, -0.2) is 48.7 Å². The Morgan fingerprint density at radius 1 is 0.605 bits per heavy atom. The van der Waals surface area contributed by atoms with Crippen molar-refractivity contribution in [1.82, 2.24) is 0 Å². The molecule has 0 radical (unpaired) electrons. The fourth-order valence-electron chi connectivity index (χ4n) is 4.17. The van der Waals surface area contributed by atoms with Gasteiger partial charge in [0.15, 0.2) is 52.6 Å². The van der Waals surface area contributed by atoms with Crippen molar-refractivity contribution in [3.05, 3.63) is 141 Å². The van der Waals surface area contributed by atoms with E-state index in [9.17, 15) is 48.7 Å². The molecule has 224 valence electrons. The normalized spacial score (nSPS) is 11.3. The smallest absolute Gasteiger partial charge is 0.339 e. The molecule has 43 heavy (non-hydrogen) atoms. The van der Waals surface area contributed by atoms with Gasteiger partial charge in [-0.1, -0.05) is 55.5 Å². The van der Waals surface area contributed by atoms with Gasteiger partial charge in [-0.05, 0) is 41.7 Å². The Morgan fingerprint density at radius 3 is 1.33 bits per heavy atom. The number of esters is 1. The fourth-order valence-corrected chi connectivity index (χ4v) is 4.17. The molecule has 0 aliphatic carbocycles. The first-order valence-corrected chi connectivity index (χ1v) is 12.4. The van der Waals surface area contributed by atoms with Gasteiger partial charge in [0, 0.05) is 0 Å². The third-order valence-corrected chi connectivity index (χ3v) is 6.60. The highest BCUT2D eigenvalue weighted by atomic mass is 19.2. The van der Waals surface area contributed by atoms with Crippen molar-refractivity contribution in [3.8, 4) is 11.1 Å². The van der Waals surface area contributed by atoms with Crippen molar-refractivity contribution in [1.29, 1.82) is 0 Å². The van der Waals surface area contributed by atoms with Gasteiger partial charge >= 0.3 is 5.97 Å². The van der Waals surface area contributed by atoms with Gasteiger partial charge in [-0.3, -0.25) is 0 Å². The van der Waals surface area contributed by atoms with Crippen LogP contribution in [-0.2, 0) is 11.2 Å². The van der Waals surface area contributed by atoms with Gasteiger partial charge in [0.25, 0.3) is 0 Å². The molecule has 0 amide bonds. The zero-order valence-electron chi connectivity index (χ0n) is 21.9. The Balaban J connectivity index is 1.75. The molecule has 12 heteroatoms. The molecule has 0 fully saturated rings. The van der Waals surface area contributed by atoms with E-state index < -0.39 is 86.9 Å². The van der Waals surface area contributed by atoms with E-state index in [2.05, 4.69) is 6.58 Å². The van der Waals surface area contributed by atoms with Crippen molar-refractivity contribution in [2.75, 3.05) is 0 Å². The lowest BCUT2D eigenvalue weighted by molar-refractivity contribution is 0.0345. The van der Waals surface area contributed by atoms with Crippen LogP contribution in [-0.4, -0.2) is 5.97 Å². The van der Waals surface area contributed by atoms with Gasteiger partial charge in [0.05, 0.1) is 16.7 Å². The number of halogens is 10. The maximum atomic E-state index is 14.7. The number of hydrogen-bond acceptors (Lipinski definition) is 2. The summed E-state index contributed by atoms with van der Waals surface area (Å²) < 4.78 is 147. The van der Waals surface area contributed by atoms with E-state index in [1.54, 1.807) is 12.1 Å². The van der Waals surface area contributed by atoms with Crippen LogP contribution in [0.4, 0.5) is 43.9 Å². The molecule has 0 aromatic heterocycles. The number of ether oxygens (including phenoxy) is 1. The number of carbonyl (C=O) groups excluding carboxylic acids is 1. The molecule has 0 unspecified atom stereocenters. The summed E-state index contributed by atoms with van der Waals surface area (Å²) in [7, 11) is 0. The monoisotopic (exact) mass is 612 g/mol. The second kappa shape index (κ2) is 12.3. The summed E-state index contributed by atoms with van der Waals surface area (Å²) in [6.07, 6.45) is -1.84. The van der Waals surface area contributed by atoms with E-state index in [1.165, 1.54) is 12.1 Å². The van der Waals surface area contributed by atoms with Crippen molar-refractivity contribution < 1.29 is 53.4 Å². The third-order valence-electron chi connectivity index (χ3n) is 6.60. The molecular weight excluding hydrogens is 594 g/mol. The van der Waals surface area contributed by atoms with Crippen molar-refractivity contribution in [2.45, 2.75) is 25.9 Å². The molecule has 2 nitrogen and oxygen atoms in total. The lowest BCUT2D eigenvalue weighted by atomic mass is 9.97. The summed E-state index contributed by atoms with van der Waals surface area (Å²) in [5.74, 6) is -28.4. The highest BCUT2D eigenvalue weighted by Crippen LogP contribution is 2.39. The Morgan fingerprint density at radius 2 is 0.953 bits per heavy atom. The first-order chi connectivity index (χ1) is 20.3. The lowest BCUT2D eigenvalue weighted by Gasteiger charge is -2.22. The van der Waals surface area contributed by atoms with Crippen LogP contribution in [0.2, 0.25) is 0 Å². The van der Waals surface area contributed by atoms with Gasteiger partial charge in [0.1, 0.15) is 0 Å². The lowest BCUT2D eigenvalue weighted by Crippen LogP contribution is -2.22. The van der Waals surface area contributed by atoms with E-state index in [-0.39, 0.29) is 0 Å². The molecule has 0 aliphatic heterocycles. The van der Waals surface area contributed by atoms with E-state index in [1.807, 2.05) is 19.1 Å². The molecular formula is C31H18F10O2. The average Bonchev–Trinajstić information content (AvgIpc) is 3.01. The topological polar surface area (TPSA) is 26.3 Å². The van der Waals surface area contributed by atoms with Crippen molar-refractivity contribution in [3.63, 3.8) is 0 Å².